The van der Waals surface area contributed by atoms with Crippen LogP contribution in [0.3, 0.4) is 0 Å². The number of carbonyl (C=O) groups is 3. The summed E-state index contributed by atoms with van der Waals surface area (Å²) in [5.41, 5.74) is 0. The summed E-state index contributed by atoms with van der Waals surface area (Å²) in [5, 5.41) is 11.4. The lowest BCUT2D eigenvalue weighted by atomic mass is 10.2. The molecule has 0 aromatic carbocycles. The van der Waals surface area contributed by atoms with Crippen molar-refractivity contribution in [1.82, 2.24) is 10.2 Å². The second-order valence-corrected chi connectivity index (χ2v) is 3.79. The number of ether oxygens (including phenoxy) is 2. The minimum atomic E-state index is -1.18. The summed E-state index contributed by atoms with van der Waals surface area (Å²) in [6, 6.07) is -1.10. The van der Waals surface area contributed by atoms with E-state index in [4.69, 9.17) is 14.6 Å². The molecular formula is C10H12N2O6. The van der Waals surface area contributed by atoms with Crippen molar-refractivity contribution in [2.75, 3.05) is 26.3 Å². The lowest BCUT2D eigenvalue weighted by Crippen LogP contribution is -2.59. The van der Waals surface area contributed by atoms with Crippen LogP contribution in [-0.2, 0) is 23.9 Å². The molecule has 98 valence electrons. The van der Waals surface area contributed by atoms with E-state index in [1.54, 1.807) is 0 Å². The van der Waals surface area contributed by atoms with Crippen LogP contribution in [0.2, 0.25) is 0 Å². The van der Waals surface area contributed by atoms with Gasteiger partial charge in [-0.2, -0.15) is 0 Å². The number of rotatable bonds is 2. The third-order valence-corrected chi connectivity index (χ3v) is 2.59. The highest BCUT2D eigenvalue weighted by Crippen LogP contribution is 2.13. The Kier molecular flexibility index (Phi) is 3.35. The maximum absolute atomic E-state index is 12.0. The van der Waals surface area contributed by atoms with Gasteiger partial charge < -0.3 is 24.8 Å². The third-order valence-electron chi connectivity index (χ3n) is 2.59. The SMILES string of the molecule is O=C1CN(C(=O)C2=COCCO2)C(C(=O)O)CN1. The van der Waals surface area contributed by atoms with Crippen molar-refractivity contribution in [3.63, 3.8) is 0 Å². The summed E-state index contributed by atoms with van der Waals surface area (Å²) in [4.78, 5) is 35.2. The number of aliphatic carboxylic acids is 1. The Morgan fingerprint density at radius 1 is 1.44 bits per heavy atom. The van der Waals surface area contributed by atoms with Crippen LogP contribution in [-0.4, -0.2) is 60.1 Å². The van der Waals surface area contributed by atoms with E-state index in [-0.39, 0.29) is 25.5 Å². The first-order valence-electron chi connectivity index (χ1n) is 5.34. The van der Waals surface area contributed by atoms with Gasteiger partial charge >= 0.3 is 5.97 Å². The topological polar surface area (TPSA) is 105 Å². The number of piperazine rings is 1. The summed E-state index contributed by atoms with van der Waals surface area (Å²) < 4.78 is 10.0. The second-order valence-electron chi connectivity index (χ2n) is 3.79. The predicted molar refractivity (Wildman–Crippen MR) is 56.1 cm³/mol. The maximum Gasteiger partial charge on any atom is 0.328 e. The highest BCUT2D eigenvalue weighted by Gasteiger charge is 2.37. The molecule has 0 spiro atoms. The van der Waals surface area contributed by atoms with E-state index in [0.29, 0.717) is 6.61 Å². The number of nitrogens with one attached hydrogen (secondary N) is 1. The van der Waals surface area contributed by atoms with Gasteiger partial charge in [0.1, 0.15) is 32.1 Å². The van der Waals surface area contributed by atoms with Gasteiger partial charge in [0.15, 0.2) is 0 Å². The summed E-state index contributed by atoms with van der Waals surface area (Å²) in [7, 11) is 0. The third kappa shape index (κ3) is 2.36. The predicted octanol–water partition coefficient (Wildman–Crippen LogP) is -1.71. The van der Waals surface area contributed by atoms with Crippen molar-refractivity contribution in [3.8, 4) is 0 Å². The Balaban J connectivity index is 2.16. The molecule has 1 saturated heterocycles. The monoisotopic (exact) mass is 256 g/mol. The molecule has 2 amide bonds. The average molecular weight is 256 g/mol. The van der Waals surface area contributed by atoms with Crippen molar-refractivity contribution in [3.05, 3.63) is 12.0 Å². The normalized spacial score (nSPS) is 23.3. The van der Waals surface area contributed by atoms with Gasteiger partial charge in [-0.15, -0.1) is 0 Å². The first kappa shape index (κ1) is 12.2. The van der Waals surface area contributed by atoms with E-state index < -0.39 is 23.8 Å². The van der Waals surface area contributed by atoms with Crippen LogP contribution in [0.4, 0.5) is 0 Å². The van der Waals surface area contributed by atoms with Crippen LogP contribution in [0.5, 0.6) is 0 Å². The van der Waals surface area contributed by atoms with Crippen molar-refractivity contribution >= 4 is 17.8 Å². The molecule has 1 fully saturated rings. The van der Waals surface area contributed by atoms with Gasteiger partial charge in [-0.05, 0) is 0 Å². The number of amides is 2. The molecule has 2 aliphatic heterocycles. The molecule has 2 N–H and O–H groups in total. The summed E-state index contributed by atoms with van der Waals surface area (Å²) >= 11 is 0. The molecule has 18 heavy (non-hydrogen) atoms. The van der Waals surface area contributed by atoms with Gasteiger partial charge in [-0.3, -0.25) is 9.59 Å². The number of hydrogen-bond donors (Lipinski definition) is 2. The molecule has 2 heterocycles. The molecule has 0 radical (unpaired) electrons. The molecule has 8 heteroatoms. The van der Waals surface area contributed by atoms with E-state index in [2.05, 4.69) is 5.32 Å². The Morgan fingerprint density at radius 3 is 2.83 bits per heavy atom. The van der Waals surface area contributed by atoms with Gasteiger partial charge in [0, 0.05) is 6.54 Å². The Morgan fingerprint density at radius 2 is 2.22 bits per heavy atom. The van der Waals surface area contributed by atoms with Gasteiger partial charge in [0.05, 0.1) is 0 Å². The van der Waals surface area contributed by atoms with Gasteiger partial charge in [0.25, 0.3) is 5.91 Å². The Bertz CT molecular complexity index is 419. The van der Waals surface area contributed by atoms with Gasteiger partial charge in [-0.25, -0.2) is 4.79 Å². The molecule has 1 atom stereocenters. The first-order chi connectivity index (χ1) is 8.59. The lowest BCUT2D eigenvalue weighted by molar-refractivity contribution is -0.154. The fourth-order valence-corrected chi connectivity index (χ4v) is 1.70. The highest BCUT2D eigenvalue weighted by molar-refractivity contribution is 5.98. The standard InChI is InChI=1S/C10H12N2O6/c13-8-4-12(6(3-11-8)10(15)16)9(14)7-5-17-1-2-18-7/h5-6H,1-4H2,(H,11,13)(H,15,16). The summed E-state index contributed by atoms with van der Waals surface area (Å²) in [6.45, 7) is 0.125. The first-order valence-corrected chi connectivity index (χ1v) is 5.34. The van der Waals surface area contributed by atoms with Crippen molar-refractivity contribution in [2.45, 2.75) is 6.04 Å². The van der Waals surface area contributed by atoms with Crippen molar-refractivity contribution in [1.29, 1.82) is 0 Å². The molecule has 0 aromatic heterocycles. The lowest BCUT2D eigenvalue weighted by Gasteiger charge is -2.33. The molecule has 0 saturated carbocycles. The largest absolute Gasteiger partial charge is 0.494 e. The molecular weight excluding hydrogens is 244 g/mol. The minimum Gasteiger partial charge on any atom is -0.494 e. The van der Waals surface area contributed by atoms with Crippen LogP contribution >= 0.6 is 0 Å². The number of carbonyl (C=O) groups excluding carboxylic acids is 2. The zero-order valence-electron chi connectivity index (χ0n) is 9.42. The number of carboxylic acids is 1. The fourth-order valence-electron chi connectivity index (χ4n) is 1.70. The van der Waals surface area contributed by atoms with E-state index in [1.807, 2.05) is 0 Å². The molecule has 0 aromatic rings. The van der Waals surface area contributed by atoms with E-state index in [9.17, 15) is 14.4 Å². The van der Waals surface area contributed by atoms with Gasteiger partial charge in [-0.1, -0.05) is 0 Å². The number of carboxylic acid groups (broad SMARTS) is 1. The second kappa shape index (κ2) is 4.94. The van der Waals surface area contributed by atoms with E-state index in [1.165, 1.54) is 0 Å². The number of nitrogens with zero attached hydrogens (tertiary/aromatic N) is 1. The van der Waals surface area contributed by atoms with Crippen LogP contribution in [0.1, 0.15) is 0 Å². The molecule has 0 aliphatic carbocycles. The molecule has 0 bridgehead atoms. The van der Waals surface area contributed by atoms with Crippen LogP contribution in [0.25, 0.3) is 0 Å². The zero-order chi connectivity index (χ0) is 13.1. The molecule has 2 aliphatic rings. The van der Waals surface area contributed by atoms with E-state index in [0.717, 1.165) is 11.2 Å². The number of hydrogen-bond acceptors (Lipinski definition) is 5. The quantitative estimate of drug-likeness (QED) is 0.609. The zero-order valence-corrected chi connectivity index (χ0v) is 9.42. The smallest absolute Gasteiger partial charge is 0.328 e. The summed E-state index contributed by atoms with van der Waals surface area (Å²) in [5.74, 6) is -2.32. The van der Waals surface area contributed by atoms with Gasteiger partial charge in [0.2, 0.25) is 11.7 Å². The fraction of sp³-hybridized carbons (Fsp3) is 0.500. The van der Waals surface area contributed by atoms with E-state index >= 15 is 0 Å². The Labute approximate surface area is 102 Å². The molecule has 2 rings (SSSR count). The average Bonchev–Trinajstić information content (AvgIpc) is 2.38. The molecule has 8 nitrogen and oxygen atoms in total. The van der Waals surface area contributed by atoms with Crippen LogP contribution < -0.4 is 5.32 Å². The maximum atomic E-state index is 12.0. The van der Waals surface area contributed by atoms with Crippen LogP contribution in [0, 0.1) is 0 Å². The minimum absolute atomic E-state index is 0.0813. The van der Waals surface area contributed by atoms with Crippen LogP contribution in [0.15, 0.2) is 12.0 Å². The molecule has 1 unspecified atom stereocenters. The van der Waals surface area contributed by atoms with Crippen molar-refractivity contribution < 1.29 is 29.0 Å². The highest BCUT2D eigenvalue weighted by atomic mass is 16.6. The summed E-state index contributed by atoms with van der Waals surface area (Å²) in [6.07, 6.45) is 1.14. The Hall–Kier alpha value is -2.25. The van der Waals surface area contributed by atoms with Crippen molar-refractivity contribution in [2.24, 2.45) is 0 Å².